The zero-order valence-electron chi connectivity index (χ0n) is 7.59. The predicted molar refractivity (Wildman–Crippen MR) is 49.2 cm³/mol. The zero-order chi connectivity index (χ0) is 9.52. The SMILES string of the molecule is COCCCNc1ccc(F)cn1. The molecule has 0 saturated heterocycles. The molecule has 1 N–H and O–H groups in total. The summed E-state index contributed by atoms with van der Waals surface area (Å²) in [7, 11) is 1.66. The molecule has 0 atom stereocenters. The van der Waals surface area contributed by atoms with Gasteiger partial charge in [0.25, 0.3) is 0 Å². The van der Waals surface area contributed by atoms with Crippen molar-refractivity contribution >= 4 is 5.82 Å². The monoisotopic (exact) mass is 184 g/mol. The Morgan fingerprint density at radius 3 is 3.00 bits per heavy atom. The van der Waals surface area contributed by atoms with Crippen LogP contribution in [0.5, 0.6) is 0 Å². The van der Waals surface area contributed by atoms with Gasteiger partial charge in [-0.1, -0.05) is 0 Å². The molecule has 0 bridgehead atoms. The highest BCUT2D eigenvalue weighted by molar-refractivity contribution is 5.33. The van der Waals surface area contributed by atoms with Crippen LogP contribution in [0.15, 0.2) is 18.3 Å². The standard InChI is InChI=1S/C9H13FN2O/c1-13-6-2-5-11-9-4-3-8(10)7-12-9/h3-4,7H,2,5-6H2,1H3,(H,11,12). The Kier molecular flexibility index (Phi) is 4.18. The van der Waals surface area contributed by atoms with E-state index in [-0.39, 0.29) is 5.82 Å². The Morgan fingerprint density at radius 2 is 2.38 bits per heavy atom. The fraction of sp³-hybridized carbons (Fsp3) is 0.444. The highest BCUT2D eigenvalue weighted by Gasteiger charge is 1.93. The Labute approximate surface area is 76.9 Å². The number of pyridine rings is 1. The molecule has 4 heteroatoms. The van der Waals surface area contributed by atoms with Gasteiger partial charge in [-0.2, -0.15) is 0 Å². The molecular formula is C9H13FN2O. The van der Waals surface area contributed by atoms with Gasteiger partial charge in [0.1, 0.15) is 11.6 Å². The van der Waals surface area contributed by atoms with E-state index in [9.17, 15) is 4.39 Å². The van der Waals surface area contributed by atoms with Gasteiger partial charge in [-0.15, -0.1) is 0 Å². The summed E-state index contributed by atoms with van der Waals surface area (Å²) in [5, 5.41) is 3.05. The largest absolute Gasteiger partial charge is 0.385 e. The molecular weight excluding hydrogens is 171 g/mol. The molecule has 1 aromatic heterocycles. The van der Waals surface area contributed by atoms with Gasteiger partial charge < -0.3 is 10.1 Å². The number of rotatable bonds is 5. The van der Waals surface area contributed by atoms with Crippen molar-refractivity contribution in [2.75, 3.05) is 25.6 Å². The quantitative estimate of drug-likeness (QED) is 0.707. The fourth-order valence-electron chi connectivity index (χ4n) is 0.913. The number of halogens is 1. The maximum absolute atomic E-state index is 12.4. The molecule has 0 aliphatic heterocycles. The van der Waals surface area contributed by atoms with Gasteiger partial charge in [-0.3, -0.25) is 0 Å². The Balaban J connectivity index is 2.25. The molecule has 0 unspecified atom stereocenters. The lowest BCUT2D eigenvalue weighted by Gasteiger charge is -2.03. The molecule has 0 spiro atoms. The molecule has 0 saturated carbocycles. The smallest absolute Gasteiger partial charge is 0.141 e. The van der Waals surface area contributed by atoms with Gasteiger partial charge in [0, 0.05) is 20.3 Å². The first-order valence-corrected chi connectivity index (χ1v) is 4.17. The molecule has 72 valence electrons. The average Bonchev–Trinajstić information content (AvgIpc) is 2.15. The lowest BCUT2D eigenvalue weighted by molar-refractivity contribution is 0.198. The first-order valence-electron chi connectivity index (χ1n) is 4.17. The maximum Gasteiger partial charge on any atom is 0.141 e. The van der Waals surface area contributed by atoms with Crippen molar-refractivity contribution in [2.24, 2.45) is 0 Å². The van der Waals surface area contributed by atoms with Crippen molar-refractivity contribution in [3.05, 3.63) is 24.1 Å². The van der Waals surface area contributed by atoms with Gasteiger partial charge in [-0.05, 0) is 18.6 Å². The third-order valence-electron chi connectivity index (χ3n) is 1.56. The molecule has 0 aliphatic rings. The lowest BCUT2D eigenvalue weighted by Crippen LogP contribution is -2.05. The van der Waals surface area contributed by atoms with Crippen LogP contribution in [-0.2, 0) is 4.74 Å². The van der Waals surface area contributed by atoms with Crippen molar-refractivity contribution in [2.45, 2.75) is 6.42 Å². The molecule has 3 nitrogen and oxygen atoms in total. The molecule has 0 aromatic carbocycles. The van der Waals surface area contributed by atoms with Gasteiger partial charge >= 0.3 is 0 Å². The second-order valence-corrected chi connectivity index (χ2v) is 2.63. The van der Waals surface area contributed by atoms with E-state index >= 15 is 0 Å². The van der Waals surface area contributed by atoms with E-state index in [0.717, 1.165) is 13.0 Å². The van der Waals surface area contributed by atoms with Crippen LogP contribution in [0, 0.1) is 5.82 Å². The topological polar surface area (TPSA) is 34.1 Å². The van der Waals surface area contributed by atoms with E-state index in [4.69, 9.17) is 4.74 Å². The first kappa shape index (κ1) is 9.92. The number of nitrogens with zero attached hydrogens (tertiary/aromatic N) is 1. The third kappa shape index (κ3) is 3.85. The van der Waals surface area contributed by atoms with E-state index in [0.29, 0.717) is 12.4 Å². The third-order valence-corrected chi connectivity index (χ3v) is 1.56. The Morgan fingerprint density at radius 1 is 1.54 bits per heavy atom. The summed E-state index contributed by atoms with van der Waals surface area (Å²) >= 11 is 0. The van der Waals surface area contributed by atoms with Crippen molar-refractivity contribution < 1.29 is 9.13 Å². The highest BCUT2D eigenvalue weighted by atomic mass is 19.1. The molecule has 0 fully saturated rings. The van der Waals surface area contributed by atoms with Crippen LogP contribution in [-0.4, -0.2) is 25.2 Å². The molecule has 1 heterocycles. The highest BCUT2D eigenvalue weighted by Crippen LogP contribution is 2.02. The lowest BCUT2D eigenvalue weighted by atomic mass is 10.4. The summed E-state index contributed by atoms with van der Waals surface area (Å²) in [4.78, 5) is 3.85. The summed E-state index contributed by atoms with van der Waals surface area (Å²) in [6, 6.07) is 2.99. The molecule has 0 amide bonds. The van der Waals surface area contributed by atoms with Crippen LogP contribution in [0.4, 0.5) is 10.2 Å². The summed E-state index contributed by atoms with van der Waals surface area (Å²) in [5.74, 6) is 0.375. The Bertz CT molecular complexity index is 238. The van der Waals surface area contributed by atoms with Crippen LogP contribution >= 0.6 is 0 Å². The maximum atomic E-state index is 12.4. The molecule has 1 rings (SSSR count). The number of hydrogen-bond acceptors (Lipinski definition) is 3. The summed E-state index contributed by atoms with van der Waals surface area (Å²) in [6.45, 7) is 1.50. The van der Waals surface area contributed by atoms with Gasteiger partial charge in [0.15, 0.2) is 0 Å². The number of hydrogen-bond donors (Lipinski definition) is 1. The van der Waals surface area contributed by atoms with Crippen molar-refractivity contribution in [3.8, 4) is 0 Å². The van der Waals surface area contributed by atoms with E-state index in [1.165, 1.54) is 12.3 Å². The molecule has 1 aromatic rings. The number of nitrogens with one attached hydrogen (secondary N) is 1. The normalized spacial score (nSPS) is 10.0. The van der Waals surface area contributed by atoms with Crippen molar-refractivity contribution in [3.63, 3.8) is 0 Å². The first-order chi connectivity index (χ1) is 6.33. The van der Waals surface area contributed by atoms with Gasteiger partial charge in [0.2, 0.25) is 0 Å². The van der Waals surface area contributed by atoms with Crippen LogP contribution in [0.3, 0.4) is 0 Å². The van der Waals surface area contributed by atoms with Crippen LogP contribution in [0.25, 0.3) is 0 Å². The number of ether oxygens (including phenoxy) is 1. The van der Waals surface area contributed by atoms with E-state index in [1.807, 2.05) is 0 Å². The minimum absolute atomic E-state index is 0.317. The minimum atomic E-state index is -0.317. The number of anilines is 1. The van der Waals surface area contributed by atoms with Crippen molar-refractivity contribution in [1.82, 2.24) is 4.98 Å². The van der Waals surface area contributed by atoms with Gasteiger partial charge in [-0.25, -0.2) is 9.37 Å². The number of methoxy groups -OCH3 is 1. The van der Waals surface area contributed by atoms with Crippen molar-refractivity contribution in [1.29, 1.82) is 0 Å². The average molecular weight is 184 g/mol. The molecule has 0 radical (unpaired) electrons. The molecule has 0 aliphatic carbocycles. The van der Waals surface area contributed by atoms with Crippen LogP contribution in [0.2, 0.25) is 0 Å². The zero-order valence-corrected chi connectivity index (χ0v) is 7.59. The summed E-state index contributed by atoms with van der Waals surface area (Å²) in [6.07, 6.45) is 2.11. The van der Waals surface area contributed by atoms with E-state index < -0.39 is 0 Å². The van der Waals surface area contributed by atoms with E-state index in [1.54, 1.807) is 13.2 Å². The predicted octanol–water partition coefficient (Wildman–Crippen LogP) is 1.67. The second-order valence-electron chi connectivity index (χ2n) is 2.63. The van der Waals surface area contributed by atoms with Crippen LogP contribution < -0.4 is 5.32 Å². The Hall–Kier alpha value is -1.16. The summed E-state index contributed by atoms with van der Waals surface area (Å²) < 4.78 is 17.3. The van der Waals surface area contributed by atoms with Crippen LogP contribution in [0.1, 0.15) is 6.42 Å². The van der Waals surface area contributed by atoms with E-state index in [2.05, 4.69) is 10.3 Å². The molecule has 13 heavy (non-hydrogen) atoms. The van der Waals surface area contributed by atoms with Gasteiger partial charge in [0.05, 0.1) is 6.20 Å². The fourth-order valence-corrected chi connectivity index (χ4v) is 0.913. The number of aromatic nitrogens is 1. The summed E-state index contributed by atoms with van der Waals surface area (Å²) in [5.41, 5.74) is 0. The minimum Gasteiger partial charge on any atom is -0.385 e. The second kappa shape index (κ2) is 5.48.